The standard InChI is InChI=1S/C14H19NO3/c1-14(2,3)12(10-7-5-4-6-8-10)11(9-16)18-13(15)17/h4-9,11-12H,1-3H3,(H2,15,17)/t11-,12?/m1/s1. The van der Waals surface area contributed by atoms with Gasteiger partial charge in [0.15, 0.2) is 12.4 Å². The van der Waals surface area contributed by atoms with Crippen LogP contribution in [-0.4, -0.2) is 18.5 Å². The summed E-state index contributed by atoms with van der Waals surface area (Å²) in [4.78, 5) is 22.0. The molecule has 1 amide bonds. The third-order valence-corrected chi connectivity index (χ3v) is 2.81. The van der Waals surface area contributed by atoms with Crippen LogP contribution in [0.15, 0.2) is 30.3 Å². The molecule has 0 spiro atoms. The van der Waals surface area contributed by atoms with Gasteiger partial charge in [-0.2, -0.15) is 0 Å². The highest BCUT2D eigenvalue weighted by atomic mass is 16.6. The van der Waals surface area contributed by atoms with Gasteiger partial charge < -0.3 is 10.5 Å². The van der Waals surface area contributed by atoms with Crippen molar-refractivity contribution in [3.05, 3.63) is 35.9 Å². The Morgan fingerprint density at radius 2 is 1.83 bits per heavy atom. The average Bonchev–Trinajstić information content (AvgIpc) is 2.27. The summed E-state index contributed by atoms with van der Waals surface area (Å²) < 4.78 is 4.91. The van der Waals surface area contributed by atoms with Gasteiger partial charge in [0.2, 0.25) is 0 Å². The fourth-order valence-corrected chi connectivity index (χ4v) is 2.15. The van der Waals surface area contributed by atoms with Crippen LogP contribution < -0.4 is 5.73 Å². The summed E-state index contributed by atoms with van der Waals surface area (Å²) >= 11 is 0. The van der Waals surface area contributed by atoms with Crippen molar-refractivity contribution in [2.24, 2.45) is 11.1 Å². The van der Waals surface area contributed by atoms with Gasteiger partial charge >= 0.3 is 6.09 Å². The van der Waals surface area contributed by atoms with Gasteiger partial charge in [-0.1, -0.05) is 51.1 Å². The summed E-state index contributed by atoms with van der Waals surface area (Å²) in [5.74, 6) is -0.233. The molecule has 0 saturated heterocycles. The van der Waals surface area contributed by atoms with Crippen molar-refractivity contribution in [3.63, 3.8) is 0 Å². The number of carbonyl (C=O) groups is 2. The van der Waals surface area contributed by atoms with E-state index in [0.29, 0.717) is 6.29 Å². The summed E-state index contributed by atoms with van der Waals surface area (Å²) in [6.07, 6.45) is -1.17. The minimum absolute atomic E-state index is 0.233. The third kappa shape index (κ3) is 3.58. The summed E-state index contributed by atoms with van der Waals surface area (Å²) in [7, 11) is 0. The van der Waals surface area contributed by atoms with E-state index in [1.165, 1.54) is 0 Å². The van der Waals surface area contributed by atoms with Gasteiger partial charge in [0.1, 0.15) is 0 Å². The molecule has 4 nitrogen and oxygen atoms in total. The monoisotopic (exact) mass is 249 g/mol. The summed E-state index contributed by atoms with van der Waals surface area (Å²) in [5, 5.41) is 0. The molecular formula is C14H19NO3. The van der Waals surface area contributed by atoms with Crippen molar-refractivity contribution in [3.8, 4) is 0 Å². The van der Waals surface area contributed by atoms with Gasteiger partial charge in [0, 0.05) is 5.92 Å². The van der Waals surface area contributed by atoms with E-state index in [1.54, 1.807) is 0 Å². The molecule has 1 aromatic carbocycles. The zero-order valence-electron chi connectivity index (χ0n) is 10.9. The molecule has 1 aromatic rings. The molecule has 1 unspecified atom stereocenters. The molecule has 2 N–H and O–H groups in total. The van der Waals surface area contributed by atoms with Crippen molar-refractivity contribution < 1.29 is 14.3 Å². The van der Waals surface area contributed by atoms with Crippen LogP contribution in [0.25, 0.3) is 0 Å². The van der Waals surface area contributed by atoms with Gasteiger partial charge in [-0.25, -0.2) is 4.79 Å². The second-order valence-electron chi connectivity index (χ2n) is 5.29. The SMILES string of the molecule is CC(C)(C)C(c1ccccc1)[C@@H](C=O)OC(N)=O. The molecule has 0 bridgehead atoms. The predicted octanol–water partition coefficient (Wildman–Crippen LogP) is 2.48. The summed E-state index contributed by atoms with van der Waals surface area (Å²) in [6, 6.07) is 9.50. The zero-order valence-corrected chi connectivity index (χ0v) is 10.9. The van der Waals surface area contributed by atoms with Crippen LogP contribution in [0.1, 0.15) is 32.3 Å². The van der Waals surface area contributed by atoms with Crippen LogP contribution in [0.4, 0.5) is 4.79 Å². The highest BCUT2D eigenvalue weighted by Gasteiger charge is 2.35. The van der Waals surface area contributed by atoms with E-state index in [2.05, 4.69) is 0 Å². The van der Waals surface area contributed by atoms with E-state index in [-0.39, 0.29) is 11.3 Å². The van der Waals surface area contributed by atoms with E-state index in [1.807, 2.05) is 51.1 Å². The lowest BCUT2D eigenvalue weighted by Gasteiger charge is -2.34. The van der Waals surface area contributed by atoms with Crippen LogP contribution in [0.3, 0.4) is 0 Å². The predicted molar refractivity (Wildman–Crippen MR) is 69.2 cm³/mol. The van der Waals surface area contributed by atoms with E-state index in [0.717, 1.165) is 5.56 Å². The molecule has 0 aliphatic rings. The first-order chi connectivity index (χ1) is 8.36. The number of aldehydes is 1. The Morgan fingerprint density at radius 3 is 2.22 bits per heavy atom. The number of carbonyl (C=O) groups excluding carboxylic acids is 2. The molecule has 98 valence electrons. The maximum absolute atomic E-state index is 11.2. The molecule has 0 fully saturated rings. The van der Waals surface area contributed by atoms with Crippen molar-refractivity contribution in [2.75, 3.05) is 0 Å². The van der Waals surface area contributed by atoms with Crippen LogP contribution in [0, 0.1) is 5.41 Å². The quantitative estimate of drug-likeness (QED) is 0.833. The number of primary amides is 1. The lowest BCUT2D eigenvalue weighted by atomic mass is 9.73. The van der Waals surface area contributed by atoms with Crippen LogP contribution in [-0.2, 0) is 9.53 Å². The zero-order chi connectivity index (χ0) is 13.8. The fraction of sp³-hybridized carbons (Fsp3) is 0.429. The lowest BCUT2D eigenvalue weighted by molar-refractivity contribution is -0.117. The maximum Gasteiger partial charge on any atom is 0.405 e. The molecule has 0 heterocycles. The van der Waals surface area contributed by atoms with Gasteiger partial charge in [-0.3, -0.25) is 4.79 Å². The van der Waals surface area contributed by atoms with Gasteiger partial charge in [-0.05, 0) is 11.0 Å². The Morgan fingerprint density at radius 1 is 1.28 bits per heavy atom. The number of ether oxygens (including phenoxy) is 1. The number of benzene rings is 1. The minimum atomic E-state index is -0.933. The normalized spacial score (nSPS) is 14.6. The first-order valence-corrected chi connectivity index (χ1v) is 5.82. The molecule has 0 radical (unpaired) electrons. The molecular weight excluding hydrogens is 230 g/mol. The maximum atomic E-state index is 11.2. The van der Waals surface area contributed by atoms with Crippen LogP contribution in [0.5, 0.6) is 0 Å². The largest absolute Gasteiger partial charge is 0.438 e. The molecule has 1 rings (SSSR count). The number of amides is 1. The minimum Gasteiger partial charge on any atom is -0.438 e. The van der Waals surface area contributed by atoms with Gasteiger partial charge in [0.05, 0.1) is 0 Å². The average molecular weight is 249 g/mol. The van der Waals surface area contributed by atoms with Crippen LogP contribution >= 0.6 is 0 Å². The Balaban J connectivity index is 3.13. The molecule has 0 aliphatic heterocycles. The molecule has 0 aliphatic carbocycles. The van der Waals surface area contributed by atoms with E-state index < -0.39 is 12.2 Å². The number of rotatable bonds is 4. The Hall–Kier alpha value is -1.84. The molecule has 2 atom stereocenters. The Bertz CT molecular complexity index is 409. The smallest absolute Gasteiger partial charge is 0.405 e. The van der Waals surface area contributed by atoms with Crippen LogP contribution in [0.2, 0.25) is 0 Å². The van der Waals surface area contributed by atoms with E-state index >= 15 is 0 Å². The summed E-state index contributed by atoms with van der Waals surface area (Å²) in [6.45, 7) is 5.97. The van der Waals surface area contributed by atoms with E-state index in [9.17, 15) is 9.59 Å². The number of hydrogen-bond donors (Lipinski definition) is 1. The molecule has 0 saturated carbocycles. The highest BCUT2D eigenvalue weighted by Crippen LogP contribution is 2.38. The van der Waals surface area contributed by atoms with Gasteiger partial charge in [-0.15, -0.1) is 0 Å². The summed E-state index contributed by atoms with van der Waals surface area (Å²) in [5.41, 5.74) is 5.72. The topological polar surface area (TPSA) is 69.4 Å². The first kappa shape index (κ1) is 14.2. The van der Waals surface area contributed by atoms with Crippen molar-refractivity contribution in [1.82, 2.24) is 0 Å². The number of nitrogens with two attached hydrogens (primary N) is 1. The highest BCUT2D eigenvalue weighted by molar-refractivity contribution is 5.70. The third-order valence-electron chi connectivity index (χ3n) is 2.81. The molecule has 18 heavy (non-hydrogen) atoms. The Labute approximate surface area is 107 Å². The Kier molecular flexibility index (Phi) is 4.48. The second kappa shape index (κ2) is 5.67. The fourth-order valence-electron chi connectivity index (χ4n) is 2.15. The first-order valence-electron chi connectivity index (χ1n) is 5.82. The molecule has 0 aromatic heterocycles. The number of hydrogen-bond acceptors (Lipinski definition) is 3. The molecule has 4 heteroatoms. The lowest BCUT2D eigenvalue weighted by Crippen LogP contribution is -2.36. The van der Waals surface area contributed by atoms with Crippen molar-refractivity contribution >= 4 is 12.4 Å². The van der Waals surface area contributed by atoms with Crippen molar-refractivity contribution in [2.45, 2.75) is 32.8 Å². The van der Waals surface area contributed by atoms with E-state index in [4.69, 9.17) is 10.5 Å². The second-order valence-corrected chi connectivity index (χ2v) is 5.29. The van der Waals surface area contributed by atoms with Gasteiger partial charge in [0.25, 0.3) is 0 Å². The van der Waals surface area contributed by atoms with Crippen molar-refractivity contribution in [1.29, 1.82) is 0 Å².